The van der Waals surface area contributed by atoms with Crippen LogP contribution >= 0.6 is 0 Å². The van der Waals surface area contributed by atoms with Crippen molar-refractivity contribution in [2.24, 2.45) is 0 Å². The van der Waals surface area contributed by atoms with Crippen LogP contribution in [0.2, 0.25) is 0 Å². The van der Waals surface area contributed by atoms with Gasteiger partial charge in [-0.1, -0.05) is 54.6 Å². The maximum Gasteiger partial charge on any atom is 0.172 e. The molecule has 3 heteroatoms. The molecule has 2 nitrogen and oxygen atoms in total. The number of aryl methyl sites for hydroxylation is 1. The Kier molecular flexibility index (Phi) is 4.80. The molecule has 0 spiro atoms. The lowest BCUT2D eigenvalue weighted by Gasteiger charge is -2.15. The molecule has 0 unspecified atom stereocenters. The molecule has 122 valence electrons. The molecule has 0 aliphatic rings. The van der Waals surface area contributed by atoms with E-state index in [9.17, 15) is 4.39 Å². The number of ether oxygens (including phenoxy) is 1. The summed E-state index contributed by atoms with van der Waals surface area (Å²) in [5, 5.41) is 3.15. The van der Waals surface area contributed by atoms with Crippen LogP contribution in [0.15, 0.2) is 66.7 Å². The zero-order valence-electron chi connectivity index (χ0n) is 13.8. The molecule has 0 aromatic heterocycles. The molecule has 0 amide bonds. The topological polar surface area (TPSA) is 21.3 Å². The number of halogens is 1. The molecular weight excluding hydrogens is 301 g/mol. The first kappa shape index (κ1) is 16.1. The number of benzene rings is 3. The summed E-state index contributed by atoms with van der Waals surface area (Å²) in [7, 11) is 1.87. The van der Waals surface area contributed by atoms with Crippen LogP contribution in [-0.4, -0.2) is 7.05 Å². The molecule has 0 aliphatic heterocycles. The Hall–Kier alpha value is -2.81. The molecule has 24 heavy (non-hydrogen) atoms. The molecule has 0 atom stereocenters. The van der Waals surface area contributed by atoms with E-state index in [1.54, 1.807) is 12.1 Å². The minimum Gasteiger partial charge on any atom is -0.486 e. The summed E-state index contributed by atoms with van der Waals surface area (Å²) in [6.45, 7) is 2.34. The Labute approximate surface area is 141 Å². The first-order chi connectivity index (χ1) is 11.7. The molecule has 0 heterocycles. The quantitative estimate of drug-likeness (QED) is 0.677. The van der Waals surface area contributed by atoms with Gasteiger partial charge in [0.2, 0.25) is 0 Å². The van der Waals surface area contributed by atoms with Crippen molar-refractivity contribution in [3.05, 3.63) is 83.7 Å². The third-order valence-electron chi connectivity index (χ3n) is 4.10. The Bertz CT molecular complexity index is 830. The lowest BCUT2D eigenvalue weighted by Crippen LogP contribution is -2.04. The average molecular weight is 321 g/mol. The number of hydrogen-bond acceptors (Lipinski definition) is 2. The van der Waals surface area contributed by atoms with Crippen molar-refractivity contribution in [2.45, 2.75) is 13.5 Å². The van der Waals surface area contributed by atoms with E-state index in [4.69, 9.17) is 4.74 Å². The van der Waals surface area contributed by atoms with Crippen molar-refractivity contribution in [2.75, 3.05) is 12.4 Å². The van der Waals surface area contributed by atoms with E-state index in [0.717, 1.165) is 22.4 Å². The summed E-state index contributed by atoms with van der Waals surface area (Å²) in [6, 6.07) is 20.7. The van der Waals surface area contributed by atoms with Crippen LogP contribution in [0.25, 0.3) is 11.1 Å². The highest BCUT2D eigenvalue weighted by Crippen LogP contribution is 2.30. The largest absolute Gasteiger partial charge is 0.486 e. The van der Waals surface area contributed by atoms with E-state index in [0.29, 0.717) is 12.2 Å². The fourth-order valence-corrected chi connectivity index (χ4v) is 2.74. The highest BCUT2D eigenvalue weighted by molar-refractivity contribution is 5.66. The zero-order valence-corrected chi connectivity index (χ0v) is 13.8. The molecule has 0 fully saturated rings. The smallest absolute Gasteiger partial charge is 0.172 e. The van der Waals surface area contributed by atoms with Gasteiger partial charge in [0.1, 0.15) is 6.61 Å². The number of hydrogen-bond donors (Lipinski definition) is 1. The molecular formula is C21H20FNO. The van der Waals surface area contributed by atoms with Gasteiger partial charge in [-0.2, -0.15) is 0 Å². The molecule has 0 saturated carbocycles. The lowest BCUT2D eigenvalue weighted by molar-refractivity contribution is 0.290. The van der Waals surface area contributed by atoms with Crippen LogP contribution in [0.3, 0.4) is 0 Å². The summed E-state index contributed by atoms with van der Waals surface area (Å²) in [5.41, 5.74) is 4.53. The normalized spacial score (nSPS) is 10.5. The zero-order chi connectivity index (χ0) is 16.9. The van der Waals surface area contributed by atoms with E-state index in [1.165, 1.54) is 0 Å². The average Bonchev–Trinajstić information content (AvgIpc) is 2.62. The van der Waals surface area contributed by atoms with Gasteiger partial charge in [-0.3, -0.25) is 0 Å². The summed E-state index contributed by atoms with van der Waals surface area (Å²) < 4.78 is 20.6. The Morgan fingerprint density at radius 3 is 2.42 bits per heavy atom. The molecule has 0 bridgehead atoms. The highest BCUT2D eigenvalue weighted by Gasteiger charge is 2.12. The van der Waals surface area contributed by atoms with Crippen LogP contribution in [0.5, 0.6) is 5.75 Å². The van der Waals surface area contributed by atoms with E-state index in [-0.39, 0.29) is 11.6 Å². The van der Waals surface area contributed by atoms with Gasteiger partial charge in [-0.15, -0.1) is 0 Å². The standard InChI is InChI=1S/C21H20FNO/c1-15-8-6-12-19(23-2)18(15)14-24-20-13-7-11-17(21(20)22)16-9-4-3-5-10-16/h3-13,23H,14H2,1-2H3. The van der Waals surface area contributed by atoms with Crippen molar-refractivity contribution in [3.8, 4) is 16.9 Å². The molecule has 3 aromatic carbocycles. The van der Waals surface area contributed by atoms with Gasteiger partial charge in [0.25, 0.3) is 0 Å². The first-order valence-corrected chi connectivity index (χ1v) is 7.93. The molecule has 0 radical (unpaired) electrons. The summed E-state index contributed by atoms with van der Waals surface area (Å²) in [6.07, 6.45) is 0. The van der Waals surface area contributed by atoms with Crippen molar-refractivity contribution in [1.29, 1.82) is 0 Å². The second kappa shape index (κ2) is 7.18. The molecule has 3 rings (SSSR count). The van der Waals surface area contributed by atoms with Crippen LogP contribution in [-0.2, 0) is 6.61 Å². The Balaban J connectivity index is 1.87. The minimum absolute atomic E-state index is 0.265. The maximum atomic E-state index is 14.8. The van der Waals surface area contributed by atoms with Crippen LogP contribution in [0, 0.1) is 12.7 Å². The maximum absolute atomic E-state index is 14.8. The molecule has 3 aromatic rings. The van der Waals surface area contributed by atoms with Crippen molar-refractivity contribution in [3.63, 3.8) is 0 Å². The van der Waals surface area contributed by atoms with Gasteiger partial charge in [0.05, 0.1) is 0 Å². The van der Waals surface area contributed by atoms with Gasteiger partial charge in [0, 0.05) is 23.9 Å². The first-order valence-electron chi connectivity index (χ1n) is 7.93. The number of anilines is 1. The van der Waals surface area contributed by atoms with Gasteiger partial charge in [-0.05, 0) is 30.2 Å². The van der Waals surface area contributed by atoms with Crippen molar-refractivity contribution < 1.29 is 9.13 Å². The van der Waals surface area contributed by atoms with E-state index < -0.39 is 0 Å². The number of rotatable bonds is 5. The van der Waals surface area contributed by atoms with E-state index in [2.05, 4.69) is 5.32 Å². The van der Waals surface area contributed by atoms with Crippen LogP contribution < -0.4 is 10.1 Å². The Morgan fingerprint density at radius 1 is 0.917 bits per heavy atom. The predicted molar refractivity (Wildman–Crippen MR) is 96.9 cm³/mol. The fourth-order valence-electron chi connectivity index (χ4n) is 2.74. The third-order valence-corrected chi connectivity index (χ3v) is 4.10. The summed E-state index contributed by atoms with van der Waals surface area (Å²) in [4.78, 5) is 0. The molecule has 0 aliphatic carbocycles. The van der Waals surface area contributed by atoms with Gasteiger partial charge in [-0.25, -0.2) is 4.39 Å². The van der Waals surface area contributed by atoms with E-state index in [1.807, 2.05) is 68.6 Å². The minimum atomic E-state index is -0.330. The van der Waals surface area contributed by atoms with Gasteiger partial charge < -0.3 is 10.1 Å². The fraction of sp³-hybridized carbons (Fsp3) is 0.143. The third kappa shape index (κ3) is 3.25. The Morgan fingerprint density at radius 2 is 1.67 bits per heavy atom. The molecule has 1 N–H and O–H groups in total. The predicted octanol–water partition coefficient (Wildman–Crippen LogP) is 5.42. The van der Waals surface area contributed by atoms with Crippen molar-refractivity contribution in [1.82, 2.24) is 0 Å². The second-order valence-electron chi connectivity index (χ2n) is 5.62. The SMILES string of the molecule is CNc1cccc(C)c1COc1cccc(-c2ccccc2)c1F. The monoisotopic (exact) mass is 321 g/mol. The second-order valence-corrected chi connectivity index (χ2v) is 5.62. The lowest BCUT2D eigenvalue weighted by atomic mass is 10.0. The molecule has 0 saturated heterocycles. The van der Waals surface area contributed by atoms with E-state index >= 15 is 0 Å². The highest BCUT2D eigenvalue weighted by atomic mass is 19.1. The summed E-state index contributed by atoms with van der Waals surface area (Å²) >= 11 is 0. The van der Waals surface area contributed by atoms with Crippen LogP contribution in [0.4, 0.5) is 10.1 Å². The van der Waals surface area contributed by atoms with Gasteiger partial charge in [0.15, 0.2) is 11.6 Å². The summed E-state index contributed by atoms with van der Waals surface area (Å²) in [5.74, 6) is -0.0649. The van der Waals surface area contributed by atoms with Crippen molar-refractivity contribution >= 4 is 5.69 Å². The van der Waals surface area contributed by atoms with Gasteiger partial charge >= 0.3 is 0 Å². The number of nitrogens with one attached hydrogen (secondary N) is 1. The van der Waals surface area contributed by atoms with Crippen LogP contribution in [0.1, 0.15) is 11.1 Å².